The smallest absolute Gasteiger partial charge is 0.00973 e. The molecule has 0 aliphatic heterocycles. The number of hydrogen-bond donors (Lipinski definition) is 0. The maximum Gasteiger partial charge on any atom is -0.00973 e. The number of fused-ring (bicyclic) bond motifs is 1. The van der Waals surface area contributed by atoms with Crippen molar-refractivity contribution in [3.63, 3.8) is 0 Å². The van der Waals surface area contributed by atoms with Crippen molar-refractivity contribution in [1.29, 1.82) is 0 Å². The summed E-state index contributed by atoms with van der Waals surface area (Å²) >= 11 is 0. The first kappa shape index (κ1) is 6.87. The molecule has 0 N–H and O–H groups in total. The Labute approximate surface area is 85.1 Å². The molecule has 0 aromatic rings. The van der Waals surface area contributed by atoms with E-state index in [4.69, 9.17) is 0 Å². The van der Waals surface area contributed by atoms with Gasteiger partial charge >= 0.3 is 0 Å². The summed E-state index contributed by atoms with van der Waals surface area (Å²) in [7, 11) is 0. The van der Waals surface area contributed by atoms with Crippen molar-refractivity contribution in [1.82, 2.24) is 0 Å². The zero-order valence-corrected chi connectivity index (χ0v) is 8.45. The van der Waals surface area contributed by atoms with Crippen molar-refractivity contribution in [2.45, 2.75) is 12.8 Å². The van der Waals surface area contributed by atoms with E-state index in [0.717, 1.165) is 47.3 Å². The molecule has 0 saturated heterocycles. The molecular weight excluding hydrogens is 168 g/mol. The van der Waals surface area contributed by atoms with E-state index >= 15 is 0 Å². The first-order valence-electron chi connectivity index (χ1n) is 6.18. The molecule has 0 nitrogen and oxygen atoms in total. The van der Waals surface area contributed by atoms with E-state index in [-0.39, 0.29) is 0 Å². The topological polar surface area (TPSA) is 0 Å². The predicted octanol–water partition coefficient (Wildman–Crippen LogP) is 2.88. The molecule has 6 bridgehead atoms. The van der Waals surface area contributed by atoms with E-state index < -0.39 is 0 Å². The third-order valence-electron chi connectivity index (χ3n) is 6.50. The molecule has 0 unspecified atom stereocenters. The summed E-state index contributed by atoms with van der Waals surface area (Å²) in [5.41, 5.74) is 3.31. The van der Waals surface area contributed by atoms with Crippen LogP contribution in [0.1, 0.15) is 12.8 Å². The van der Waals surface area contributed by atoms with Gasteiger partial charge in [0.15, 0.2) is 0 Å². The van der Waals surface area contributed by atoms with E-state index in [2.05, 4.69) is 13.2 Å². The standard InChI is InChI=1S/C14H16/c1-5-9-7-3-4-8-10-6(2)12(13(8)9)11(5)14(7)10/h7-14H,1-4H2/t7-,8-,9+,10+,11-,12+,13+,14+/m0/s1. The van der Waals surface area contributed by atoms with Crippen molar-refractivity contribution in [2.75, 3.05) is 0 Å². The molecule has 6 aliphatic carbocycles. The molecule has 6 rings (SSSR count). The van der Waals surface area contributed by atoms with Crippen LogP contribution < -0.4 is 0 Å². The molecular formula is C14H16. The summed E-state index contributed by atoms with van der Waals surface area (Å²) in [5, 5.41) is 0. The SMILES string of the molecule is C=C1[C@@H]2[C@@H]3CC[C@H]4[C@H]5C(=C)[C@@H]([C@@H]1[C@H]35)[C@H]42. The lowest BCUT2D eigenvalue weighted by Crippen LogP contribution is -2.47. The fraction of sp³-hybridized carbons (Fsp3) is 0.714. The zero-order valence-electron chi connectivity index (χ0n) is 8.45. The molecule has 0 aromatic heterocycles. The van der Waals surface area contributed by atoms with Crippen LogP contribution in [0.5, 0.6) is 0 Å². The van der Waals surface area contributed by atoms with Crippen LogP contribution in [0.15, 0.2) is 24.3 Å². The maximum absolute atomic E-state index is 4.41. The van der Waals surface area contributed by atoms with Crippen LogP contribution in [0.25, 0.3) is 0 Å². The van der Waals surface area contributed by atoms with Crippen LogP contribution >= 0.6 is 0 Å². The van der Waals surface area contributed by atoms with E-state index in [9.17, 15) is 0 Å². The Morgan fingerprint density at radius 3 is 1.57 bits per heavy atom. The molecule has 0 radical (unpaired) electrons. The Morgan fingerprint density at radius 2 is 1.14 bits per heavy atom. The van der Waals surface area contributed by atoms with Crippen molar-refractivity contribution in [2.24, 2.45) is 47.3 Å². The molecule has 8 atom stereocenters. The molecule has 0 aromatic carbocycles. The van der Waals surface area contributed by atoms with Gasteiger partial charge in [-0.25, -0.2) is 0 Å². The predicted molar refractivity (Wildman–Crippen MR) is 55.4 cm³/mol. The second kappa shape index (κ2) is 1.66. The molecule has 0 spiro atoms. The van der Waals surface area contributed by atoms with Crippen molar-refractivity contribution >= 4 is 0 Å². The van der Waals surface area contributed by atoms with Crippen LogP contribution in [0.4, 0.5) is 0 Å². The third kappa shape index (κ3) is 0.395. The highest BCUT2D eigenvalue weighted by molar-refractivity contribution is 5.45. The van der Waals surface area contributed by atoms with Gasteiger partial charge in [-0.05, 0) is 60.2 Å². The van der Waals surface area contributed by atoms with Gasteiger partial charge in [-0.15, -0.1) is 0 Å². The first-order chi connectivity index (χ1) is 6.80. The van der Waals surface area contributed by atoms with Gasteiger partial charge in [0.05, 0.1) is 0 Å². The summed E-state index contributed by atoms with van der Waals surface area (Å²) in [6.45, 7) is 8.82. The van der Waals surface area contributed by atoms with Gasteiger partial charge in [0.25, 0.3) is 0 Å². The molecule has 6 aliphatic rings. The van der Waals surface area contributed by atoms with Crippen molar-refractivity contribution in [3.8, 4) is 0 Å². The largest absolute Gasteiger partial charge is 0.0992 e. The average Bonchev–Trinajstić information content (AvgIpc) is 2.82. The van der Waals surface area contributed by atoms with Gasteiger partial charge in [-0.3, -0.25) is 0 Å². The molecule has 6 fully saturated rings. The summed E-state index contributed by atoms with van der Waals surface area (Å²) in [6.07, 6.45) is 3.03. The lowest BCUT2D eigenvalue weighted by Gasteiger charge is -2.51. The number of hydrogen-bond acceptors (Lipinski definition) is 0. The van der Waals surface area contributed by atoms with E-state index in [1.54, 1.807) is 11.1 Å². The summed E-state index contributed by atoms with van der Waals surface area (Å²) in [4.78, 5) is 0. The van der Waals surface area contributed by atoms with Gasteiger partial charge in [-0.1, -0.05) is 24.3 Å². The Morgan fingerprint density at radius 1 is 0.714 bits per heavy atom. The minimum atomic E-state index is 0.907. The van der Waals surface area contributed by atoms with Gasteiger partial charge in [-0.2, -0.15) is 0 Å². The highest BCUT2D eigenvalue weighted by Crippen LogP contribution is 2.82. The van der Waals surface area contributed by atoms with Gasteiger partial charge in [0.1, 0.15) is 0 Å². The minimum Gasteiger partial charge on any atom is -0.0992 e. The number of allylic oxidation sites excluding steroid dienone is 2. The molecule has 6 saturated carbocycles. The first-order valence-corrected chi connectivity index (χ1v) is 6.18. The average molecular weight is 184 g/mol. The third-order valence-corrected chi connectivity index (χ3v) is 6.50. The summed E-state index contributed by atoms with van der Waals surface area (Å²) < 4.78 is 0. The van der Waals surface area contributed by atoms with Gasteiger partial charge < -0.3 is 0 Å². The van der Waals surface area contributed by atoms with E-state index in [0.29, 0.717) is 0 Å². The Kier molecular flexibility index (Phi) is 0.815. The lowest BCUT2D eigenvalue weighted by atomic mass is 9.53. The van der Waals surface area contributed by atoms with Crippen LogP contribution in [0.2, 0.25) is 0 Å². The Balaban J connectivity index is 1.88. The van der Waals surface area contributed by atoms with Crippen LogP contribution in [0, 0.1) is 47.3 Å². The fourth-order valence-electron chi connectivity index (χ4n) is 6.61. The monoisotopic (exact) mass is 184 g/mol. The minimum absolute atomic E-state index is 0.907. The Hall–Kier alpha value is -0.520. The molecule has 14 heavy (non-hydrogen) atoms. The second-order valence-electron chi connectivity index (χ2n) is 6.31. The zero-order chi connectivity index (χ0) is 9.19. The van der Waals surface area contributed by atoms with Crippen LogP contribution in [-0.2, 0) is 0 Å². The van der Waals surface area contributed by atoms with E-state index in [1.165, 1.54) is 12.8 Å². The van der Waals surface area contributed by atoms with Gasteiger partial charge in [0, 0.05) is 0 Å². The van der Waals surface area contributed by atoms with Crippen LogP contribution in [-0.4, -0.2) is 0 Å². The summed E-state index contributed by atoms with van der Waals surface area (Å²) in [6, 6.07) is 0. The highest BCUT2D eigenvalue weighted by Gasteiger charge is 2.76. The Bertz CT molecular complexity index is 353. The van der Waals surface area contributed by atoms with Crippen molar-refractivity contribution < 1.29 is 0 Å². The van der Waals surface area contributed by atoms with E-state index in [1.807, 2.05) is 0 Å². The molecule has 0 heterocycles. The second-order valence-corrected chi connectivity index (χ2v) is 6.31. The maximum atomic E-state index is 4.41. The fourth-order valence-corrected chi connectivity index (χ4v) is 6.61. The normalized spacial score (nSPS) is 70.6. The van der Waals surface area contributed by atoms with Crippen molar-refractivity contribution in [3.05, 3.63) is 24.3 Å². The lowest BCUT2D eigenvalue weighted by molar-refractivity contribution is -0.0401. The highest BCUT2D eigenvalue weighted by atomic mass is 14.8. The molecule has 0 heteroatoms. The van der Waals surface area contributed by atoms with Crippen LogP contribution in [0.3, 0.4) is 0 Å². The molecule has 72 valence electrons. The van der Waals surface area contributed by atoms with Gasteiger partial charge in [0.2, 0.25) is 0 Å². The number of rotatable bonds is 0. The molecule has 0 amide bonds. The summed E-state index contributed by atoms with van der Waals surface area (Å²) in [5.74, 6) is 7.84. The quantitative estimate of drug-likeness (QED) is 0.508.